The van der Waals surface area contributed by atoms with Gasteiger partial charge in [0.1, 0.15) is 0 Å². The molecule has 2 heterocycles. The number of ether oxygens (including phenoxy) is 1. The van der Waals surface area contributed by atoms with Gasteiger partial charge < -0.3 is 4.74 Å². The van der Waals surface area contributed by atoms with E-state index < -0.39 is 11.7 Å². The van der Waals surface area contributed by atoms with Crippen LogP contribution in [-0.4, -0.2) is 55.2 Å². The van der Waals surface area contributed by atoms with Crippen LogP contribution < -0.4 is 4.90 Å². The van der Waals surface area contributed by atoms with E-state index in [-0.39, 0.29) is 23.9 Å². The Morgan fingerprint density at radius 1 is 1.15 bits per heavy atom. The van der Waals surface area contributed by atoms with Gasteiger partial charge in [0.15, 0.2) is 5.13 Å². The van der Waals surface area contributed by atoms with E-state index in [0.29, 0.717) is 24.9 Å². The van der Waals surface area contributed by atoms with Gasteiger partial charge in [-0.1, -0.05) is 17.4 Å². The number of anilines is 1. The Balaban J connectivity index is 0.00000306. The topological polar surface area (TPSA) is 45.7 Å². The first-order chi connectivity index (χ1) is 15.3. The molecule has 0 unspecified atom stereocenters. The molecule has 0 bridgehead atoms. The van der Waals surface area contributed by atoms with Crippen molar-refractivity contribution in [1.82, 2.24) is 9.88 Å². The van der Waals surface area contributed by atoms with Crippen molar-refractivity contribution < 1.29 is 22.7 Å². The molecule has 5 nitrogen and oxygen atoms in total. The third kappa shape index (κ3) is 6.23. The van der Waals surface area contributed by atoms with Crippen LogP contribution in [0.1, 0.15) is 27.9 Å². The number of hydrogen-bond acceptors (Lipinski definition) is 5. The minimum absolute atomic E-state index is 0. The van der Waals surface area contributed by atoms with Crippen molar-refractivity contribution in [3.63, 3.8) is 0 Å². The van der Waals surface area contributed by atoms with Gasteiger partial charge in [-0.25, -0.2) is 4.98 Å². The lowest BCUT2D eigenvalue weighted by atomic mass is 10.1. The van der Waals surface area contributed by atoms with Crippen LogP contribution in [0.15, 0.2) is 42.5 Å². The Morgan fingerprint density at radius 2 is 1.85 bits per heavy atom. The minimum atomic E-state index is -4.44. The summed E-state index contributed by atoms with van der Waals surface area (Å²) in [6, 6.07) is 10.3. The Morgan fingerprint density at radius 3 is 2.52 bits per heavy atom. The average Bonchev–Trinajstić information content (AvgIpc) is 3.19. The third-order valence-corrected chi connectivity index (χ3v) is 6.47. The van der Waals surface area contributed by atoms with Crippen LogP contribution in [-0.2, 0) is 10.9 Å². The maximum Gasteiger partial charge on any atom is 0.416 e. The number of hydrogen-bond donors (Lipinski definition) is 0. The molecule has 0 N–H and O–H groups in total. The zero-order valence-electron chi connectivity index (χ0n) is 18.1. The monoisotopic (exact) mass is 499 g/mol. The van der Waals surface area contributed by atoms with Crippen LogP contribution in [0.3, 0.4) is 0 Å². The van der Waals surface area contributed by atoms with Gasteiger partial charge in [-0.05, 0) is 55.3 Å². The highest BCUT2D eigenvalue weighted by molar-refractivity contribution is 7.22. The smallest absolute Gasteiger partial charge is 0.379 e. The molecule has 1 aliphatic heterocycles. The van der Waals surface area contributed by atoms with Gasteiger partial charge in [0.05, 0.1) is 29.0 Å². The summed E-state index contributed by atoms with van der Waals surface area (Å²) < 4.78 is 45.1. The van der Waals surface area contributed by atoms with Crippen LogP contribution in [0.5, 0.6) is 0 Å². The molecule has 4 rings (SSSR count). The lowest BCUT2D eigenvalue weighted by Gasteiger charge is -2.27. The molecule has 0 atom stereocenters. The van der Waals surface area contributed by atoms with Crippen LogP contribution in [0.25, 0.3) is 10.2 Å². The summed E-state index contributed by atoms with van der Waals surface area (Å²) in [5, 5.41) is 0.553. The van der Waals surface area contributed by atoms with Crippen molar-refractivity contribution in [3.8, 4) is 0 Å². The quantitative estimate of drug-likeness (QED) is 0.454. The zero-order valence-corrected chi connectivity index (χ0v) is 19.7. The number of rotatable bonds is 6. The molecule has 1 amide bonds. The Kier molecular flexibility index (Phi) is 8.33. The summed E-state index contributed by atoms with van der Waals surface area (Å²) in [5.74, 6) is -0.350. The highest BCUT2D eigenvalue weighted by Gasteiger charge is 2.31. The molecule has 3 aromatic rings. The van der Waals surface area contributed by atoms with Gasteiger partial charge in [0, 0.05) is 31.7 Å². The first kappa shape index (κ1) is 25.4. The number of benzene rings is 2. The van der Waals surface area contributed by atoms with Gasteiger partial charge in [-0.3, -0.25) is 14.6 Å². The molecule has 1 aliphatic rings. The van der Waals surface area contributed by atoms with Crippen molar-refractivity contribution in [1.29, 1.82) is 0 Å². The van der Waals surface area contributed by atoms with E-state index in [9.17, 15) is 18.0 Å². The second-order valence-corrected chi connectivity index (χ2v) is 8.82. The Labute approximate surface area is 200 Å². The molecule has 1 fully saturated rings. The summed E-state index contributed by atoms with van der Waals surface area (Å²) in [4.78, 5) is 21.8. The largest absolute Gasteiger partial charge is 0.416 e. The van der Waals surface area contributed by atoms with Gasteiger partial charge in [0.25, 0.3) is 5.91 Å². The molecule has 0 aliphatic carbocycles. The molecule has 33 heavy (non-hydrogen) atoms. The number of halogens is 4. The molecule has 178 valence electrons. The second kappa shape index (κ2) is 10.8. The molecular formula is C23H25ClF3N3O2S. The number of carbonyl (C=O) groups is 1. The van der Waals surface area contributed by atoms with E-state index in [1.807, 2.05) is 25.1 Å². The second-order valence-electron chi connectivity index (χ2n) is 7.81. The fraction of sp³-hybridized carbons (Fsp3) is 0.391. The van der Waals surface area contributed by atoms with E-state index >= 15 is 0 Å². The van der Waals surface area contributed by atoms with E-state index in [0.717, 1.165) is 54.0 Å². The first-order valence-electron chi connectivity index (χ1n) is 10.5. The maximum absolute atomic E-state index is 13.3. The number of carbonyl (C=O) groups excluding carboxylic acids is 1. The predicted molar refractivity (Wildman–Crippen MR) is 127 cm³/mol. The maximum atomic E-state index is 13.3. The number of thiazole rings is 1. The van der Waals surface area contributed by atoms with Gasteiger partial charge in [0.2, 0.25) is 0 Å². The Bertz CT molecular complexity index is 1080. The summed E-state index contributed by atoms with van der Waals surface area (Å²) in [7, 11) is 0. The van der Waals surface area contributed by atoms with Crippen molar-refractivity contribution in [2.75, 3.05) is 44.3 Å². The third-order valence-electron chi connectivity index (χ3n) is 5.43. The van der Waals surface area contributed by atoms with E-state index in [4.69, 9.17) is 4.74 Å². The average molecular weight is 500 g/mol. The van der Waals surface area contributed by atoms with E-state index in [1.165, 1.54) is 23.5 Å². The number of amides is 1. The van der Waals surface area contributed by atoms with Crippen LogP contribution in [0, 0.1) is 6.92 Å². The lowest BCUT2D eigenvalue weighted by molar-refractivity contribution is -0.137. The van der Waals surface area contributed by atoms with Crippen molar-refractivity contribution in [3.05, 3.63) is 59.2 Å². The molecule has 1 aromatic heterocycles. The summed E-state index contributed by atoms with van der Waals surface area (Å²) >= 11 is 1.42. The van der Waals surface area contributed by atoms with Crippen molar-refractivity contribution >= 4 is 45.0 Å². The molecule has 10 heteroatoms. The fourth-order valence-electron chi connectivity index (χ4n) is 3.65. The lowest BCUT2D eigenvalue weighted by Crippen LogP contribution is -2.39. The molecular weight excluding hydrogens is 475 g/mol. The first-order valence-corrected chi connectivity index (χ1v) is 11.3. The summed E-state index contributed by atoms with van der Waals surface area (Å²) in [5.41, 5.74) is 1.33. The highest BCUT2D eigenvalue weighted by Crippen LogP contribution is 2.32. The number of fused-ring (bicyclic) bond motifs is 1. The number of alkyl halides is 3. The van der Waals surface area contributed by atoms with Gasteiger partial charge in [-0.2, -0.15) is 13.2 Å². The van der Waals surface area contributed by atoms with Crippen LogP contribution >= 0.6 is 23.7 Å². The van der Waals surface area contributed by atoms with E-state index in [1.54, 1.807) is 4.90 Å². The standard InChI is InChI=1S/C23H24F3N3O2S.ClH/c1-16-3-8-19-20(15-16)32-22(27-19)29(10-2-9-28-11-13-31-14-12-28)21(30)17-4-6-18(7-5-17)23(24,25)26;/h3-8,15H,2,9-14H2,1H3;1H. The molecule has 1 saturated heterocycles. The number of nitrogens with zero attached hydrogens (tertiary/aromatic N) is 3. The van der Waals surface area contributed by atoms with Crippen molar-refractivity contribution in [2.24, 2.45) is 0 Å². The van der Waals surface area contributed by atoms with Crippen LogP contribution in [0.2, 0.25) is 0 Å². The zero-order chi connectivity index (χ0) is 22.7. The molecule has 0 saturated carbocycles. The number of aryl methyl sites for hydroxylation is 1. The number of morpholine rings is 1. The van der Waals surface area contributed by atoms with Crippen molar-refractivity contribution in [2.45, 2.75) is 19.5 Å². The van der Waals surface area contributed by atoms with E-state index in [2.05, 4.69) is 9.88 Å². The highest BCUT2D eigenvalue weighted by atomic mass is 35.5. The summed E-state index contributed by atoms with van der Waals surface area (Å²) in [6.45, 7) is 6.34. The summed E-state index contributed by atoms with van der Waals surface area (Å²) in [6.07, 6.45) is -3.72. The molecule has 0 spiro atoms. The fourth-order valence-corrected chi connectivity index (χ4v) is 4.74. The Hall–Kier alpha value is -2.20. The number of aromatic nitrogens is 1. The van der Waals surface area contributed by atoms with Crippen LogP contribution in [0.4, 0.5) is 18.3 Å². The SMILES string of the molecule is Cc1ccc2nc(N(CCCN3CCOCC3)C(=O)c3ccc(C(F)(F)F)cc3)sc2c1.Cl. The molecule has 2 aromatic carbocycles. The normalized spacial score (nSPS) is 14.8. The predicted octanol–water partition coefficient (Wildman–Crippen LogP) is 5.41. The van der Waals surface area contributed by atoms with Gasteiger partial charge in [-0.15, -0.1) is 12.4 Å². The molecule has 0 radical (unpaired) electrons. The van der Waals surface area contributed by atoms with Gasteiger partial charge >= 0.3 is 6.18 Å². The minimum Gasteiger partial charge on any atom is -0.379 e.